The van der Waals surface area contributed by atoms with Crippen LogP contribution in [0.15, 0.2) is 33.3 Å². The summed E-state index contributed by atoms with van der Waals surface area (Å²) in [6.45, 7) is 2.46. The monoisotopic (exact) mass is 592 g/mol. The third-order valence-electron chi connectivity index (χ3n) is 8.11. The second kappa shape index (κ2) is 8.92. The van der Waals surface area contributed by atoms with E-state index in [1.54, 1.807) is 0 Å². The predicted molar refractivity (Wildman–Crippen MR) is 136 cm³/mol. The van der Waals surface area contributed by atoms with Crippen molar-refractivity contribution >= 4 is 49.4 Å². The summed E-state index contributed by atoms with van der Waals surface area (Å²) in [7, 11) is 0. The number of likely N-dealkylation sites (tertiary alicyclic amines) is 1. The van der Waals surface area contributed by atoms with Gasteiger partial charge in [-0.1, -0.05) is 27.5 Å². The first-order chi connectivity index (χ1) is 16.0. The Bertz CT molecular complexity index is 1090. The normalized spacial score (nSPS) is 29.0. The van der Waals surface area contributed by atoms with Gasteiger partial charge in [-0.05, 0) is 95.3 Å². The Morgan fingerprint density at radius 3 is 2.64 bits per heavy atom. The summed E-state index contributed by atoms with van der Waals surface area (Å²) in [5.74, 6) is 1.54. The van der Waals surface area contributed by atoms with Gasteiger partial charge in [-0.3, -0.25) is 9.78 Å². The number of rotatable bonds is 2. The minimum absolute atomic E-state index is 0.110. The number of aromatic nitrogens is 1. The molecule has 33 heavy (non-hydrogen) atoms. The van der Waals surface area contributed by atoms with E-state index in [4.69, 9.17) is 21.3 Å². The van der Waals surface area contributed by atoms with Crippen LogP contribution in [0.5, 0.6) is 0 Å². The molecule has 1 saturated carbocycles. The molecule has 0 spiro atoms. The van der Waals surface area contributed by atoms with Crippen LogP contribution in [0.25, 0.3) is 0 Å². The molecule has 0 radical (unpaired) electrons. The van der Waals surface area contributed by atoms with E-state index in [1.807, 2.05) is 12.3 Å². The van der Waals surface area contributed by atoms with Crippen molar-refractivity contribution in [1.82, 2.24) is 9.88 Å². The van der Waals surface area contributed by atoms with Gasteiger partial charge in [0.1, 0.15) is 0 Å². The Hall–Kier alpha value is -0.950. The first kappa shape index (κ1) is 22.5. The molecule has 2 aliphatic heterocycles. The molecular formula is C26H27Br2ClN2O2. The van der Waals surface area contributed by atoms with E-state index < -0.39 is 0 Å². The van der Waals surface area contributed by atoms with Gasteiger partial charge in [0.25, 0.3) is 0 Å². The number of nitrogens with zero attached hydrogens (tertiary/aromatic N) is 2. The molecule has 0 N–H and O–H groups in total. The first-order valence-corrected chi connectivity index (χ1v) is 14.0. The minimum atomic E-state index is 0.110. The summed E-state index contributed by atoms with van der Waals surface area (Å²) in [6.07, 6.45) is 8.25. The molecular weight excluding hydrogens is 568 g/mol. The van der Waals surface area contributed by atoms with Gasteiger partial charge in [-0.2, -0.15) is 0 Å². The number of amides is 1. The van der Waals surface area contributed by atoms with Gasteiger partial charge in [-0.25, -0.2) is 0 Å². The van der Waals surface area contributed by atoms with Crippen LogP contribution in [-0.2, 0) is 22.4 Å². The molecule has 6 rings (SSSR count). The number of ether oxygens (including phenoxy) is 1. The largest absolute Gasteiger partial charge is 0.377 e. The average molecular weight is 595 g/mol. The third kappa shape index (κ3) is 4.09. The third-order valence-corrected chi connectivity index (χ3v) is 9.42. The lowest BCUT2D eigenvalue weighted by molar-refractivity contribution is -0.135. The molecule has 4 atom stereocenters. The maximum Gasteiger partial charge on any atom is 0.228 e. The van der Waals surface area contributed by atoms with Crippen molar-refractivity contribution in [2.75, 3.05) is 19.7 Å². The van der Waals surface area contributed by atoms with Crippen LogP contribution in [0.2, 0.25) is 5.02 Å². The van der Waals surface area contributed by atoms with Crippen molar-refractivity contribution in [3.8, 4) is 0 Å². The van der Waals surface area contributed by atoms with Gasteiger partial charge in [0.2, 0.25) is 5.91 Å². The van der Waals surface area contributed by atoms with Crippen molar-refractivity contribution in [3.63, 3.8) is 0 Å². The molecule has 0 unspecified atom stereocenters. The second-order valence-electron chi connectivity index (χ2n) is 9.97. The Kier molecular flexibility index (Phi) is 6.09. The summed E-state index contributed by atoms with van der Waals surface area (Å²) in [5, 5.41) is 0.771. The second-order valence-corrected chi connectivity index (χ2v) is 12.2. The molecule has 1 aromatic heterocycles. The van der Waals surface area contributed by atoms with Crippen molar-refractivity contribution in [3.05, 3.63) is 60.7 Å². The molecule has 4 nitrogen and oxygen atoms in total. The van der Waals surface area contributed by atoms with Gasteiger partial charge >= 0.3 is 0 Å². The fourth-order valence-electron chi connectivity index (χ4n) is 6.47. The fourth-order valence-corrected chi connectivity index (χ4v) is 7.97. The van der Waals surface area contributed by atoms with Crippen LogP contribution in [0.4, 0.5) is 0 Å². The smallest absolute Gasteiger partial charge is 0.228 e. The highest BCUT2D eigenvalue weighted by atomic mass is 79.9. The van der Waals surface area contributed by atoms with E-state index >= 15 is 0 Å². The Morgan fingerprint density at radius 2 is 1.88 bits per heavy atom. The van der Waals surface area contributed by atoms with Crippen molar-refractivity contribution < 1.29 is 9.53 Å². The van der Waals surface area contributed by atoms with E-state index in [2.05, 4.69) is 48.9 Å². The molecule has 7 heteroatoms. The maximum atomic E-state index is 13.2. The van der Waals surface area contributed by atoms with Crippen LogP contribution >= 0.6 is 43.5 Å². The lowest BCUT2D eigenvalue weighted by atomic mass is 9.76. The Labute approximate surface area is 216 Å². The number of carbonyl (C=O) groups is 1. The van der Waals surface area contributed by atoms with Gasteiger partial charge < -0.3 is 9.64 Å². The number of carbonyl (C=O) groups excluding carboxylic acids is 1. The standard InChI is InChI=1S/C26H27Br2ClN2O2/c27-17-10-16-4-3-15-11-18(29)12-20(28)21(15)22(24(16)30-13-17)14-5-7-31(8-6-14)26(32)23-19-2-1-9-33-25(19)23/h10-14,19,22-23,25H,1-9H2/t19-,22-,23+,25-/m1/s1. The molecule has 2 aliphatic carbocycles. The lowest BCUT2D eigenvalue weighted by Gasteiger charge is -2.37. The van der Waals surface area contributed by atoms with E-state index in [0.29, 0.717) is 17.7 Å². The molecule has 3 fully saturated rings. The summed E-state index contributed by atoms with van der Waals surface area (Å²) >= 11 is 13.9. The highest BCUT2D eigenvalue weighted by Crippen LogP contribution is 2.50. The first-order valence-electron chi connectivity index (χ1n) is 12.0. The highest BCUT2D eigenvalue weighted by molar-refractivity contribution is 9.10. The number of hydrogen-bond donors (Lipinski definition) is 0. The van der Waals surface area contributed by atoms with Gasteiger partial charge in [0.15, 0.2) is 0 Å². The Morgan fingerprint density at radius 1 is 1.09 bits per heavy atom. The number of fused-ring (bicyclic) bond motifs is 3. The fraction of sp³-hybridized carbons (Fsp3) is 0.538. The van der Waals surface area contributed by atoms with E-state index in [9.17, 15) is 4.79 Å². The van der Waals surface area contributed by atoms with Gasteiger partial charge in [-0.15, -0.1) is 0 Å². The molecule has 0 bridgehead atoms. The van der Waals surface area contributed by atoms with Gasteiger partial charge in [0, 0.05) is 51.7 Å². The number of benzene rings is 1. The molecule has 2 saturated heterocycles. The van der Waals surface area contributed by atoms with Crippen LogP contribution in [-0.4, -0.2) is 41.6 Å². The van der Waals surface area contributed by atoms with Crippen LogP contribution in [0, 0.1) is 17.8 Å². The quantitative estimate of drug-likeness (QED) is 0.419. The zero-order valence-corrected chi connectivity index (χ0v) is 22.3. The zero-order chi connectivity index (χ0) is 22.7. The van der Waals surface area contributed by atoms with Gasteiger partial charge in [0.05, 0.1) is 17.7 Å². The molecule has 4 aliphatic rings. The number of piperidine rings is 1. The number of halogens is 3. The summed E-state index contributed by atoms with van der Waals surface area (Å²) in [5.41, 5.74) is 5.14. The zero-order valence-electron chi connectivity index (χ0n) is 18.4. The molecule has 174 valence electrons. The van der Waals surface area contributed by atoms with Crippen LogP contribution in [0.3, 0.4) is 0 Å². The van der Waals surface area contributed by atoms with E-state index in [-0.39, 0.29) is 17.9 Å². The molecule has 2 aromatic rings. The van der Waals surface area contributed by atoms with Crippen molar-refractivity contribution in [1.29, 1.82) is 0 Å². The minimum Gasteiger partial charge on any atom is -0.377 e. The van der Waals surface area contributed by atoms with Crippen LogP contribution in [0.1, 0.15) is 54.0 Å². The predicted octanol–water partition coefficient (Wildman–Crippen LogP) is 6.15. The van der Waals surface area contributed by atoms with Crippen molar-refractivity contribution in [2.24, 2.45) is 17.8 Å². The molecule has 1 amide bonds. The summed E-state index contributed by atoms with van der Waals surface area (Å²) in [6, 6.07) is 6.37. The highest BCUT2D eigenvalue weighted by Gasteiger charge is 2.58. The number of hydrogen-bond acceptors (Lipinski definition) is 3. The Balaban J connectivity index is 1.27. The van der Waals surface area contributed by atoms with E-state index in [1.165, 1.54) is 22.4 Å². The molecule has 3 heterocycles. The molecule has 1 aromatic carbocycles. The van der Waals surface area contributed by atoms with E-state index in [0.717, 1.165) is 72.2 Å². The maximum absolute atomic E-state index is 13.2. The van der Waals surface area contributed by atoms with Crippen LogP contribution < -0.4 is 0 Å². The number of pyridine rings is 1. The summed E-state index contributed by atoms with van der Waals surface area (Å²) in [4.78, 5) is 20.2. The summed E-state index contributed by atoms with van der Waals surface area (Å²) < 4.78 is 7.94. The SMILES string of the molecule is O=C([C@H]1[C@H]2CCCO[C@H]21)N1CCC([C@H]2c3ncc(Br)cc3CCc3cc(Cl)cc(Br)c32)CC1. The number of aryl methyl sites for hydroxylation is 2. The lowest BCUT2D eigenvalue weighted by Crippen LogP contribution is -2.41. The topological polar surface area (TPSA) is 42.4 Å². The van der Waals surface area contributed by atoms with Crippen molar-refractivity contribution in [2.45, 2.75) is 50.5 Å². The average Bonchev–Trinajstić information content (AvgIpc) is 3.56.